The van der Waals surface area contributed by atoms with E-state index in [2.05, 4.69) is 40.1 Å². The minimum absolute atomic E-state index is 0.411. The predicted molar refractivity (Wildman–Crippen MR) is 65.0 cm³/mol. The molecular formula is C13H27NO. The maximum atomic E-state index is 5.47. The fraction of sp³-hybridized carbons (Fsp3) is 1.00. The second-order valence-corrected chi connectivity index (χ2v) is 6.02. The molecule has 3 unspecified atom stereocenters. The third-order valence-electron chi connectivity index (χ3n) is 3.99. The van der Waals surface area contributed by atoms with Gasteiger partial charge in [-0.2, -0.15) is 0 Å². The van der Waals surface area contributed by atoms with Gasteiger partial charge in [-0.25, -0.2) is 0 Å². The van der Waals surface area contributed by atoms with Crippen LogP contribution >= 0.6 is 0 Å². The fourth-order valence-corrected chi connectivity index (χ4v) is 2.15. The SMILES string of the molecule is CNC(CC(C)C(C)(C)C)C1CCOC1. The molecule has 0 amide bonds. The van der Waals surface area contributed by atoms with Crippen molar-refractivity contribution in [3.05, 3.63) is 0 Å². The van der Waals surface area contributed by atoms with E-state index in [0.29, 0.717) is 11.5 Å². The van der Waals surface area contributed by atoms with Crippen molar-refractivity contribution in [3.63, 3.8) is 0 Å². The van der Waals surface area contributed by atoms with Gasteiger partial charge in [0.15, 0.2) is 0 Å². The molecule has 0 radical (unpaired) electrons. The van der Waals surface area contributed by atoms with Crippen LogP contribution in [0.3, 0.4) is 0 Å². The number of rotatable bonds is 4. The van der Waals surface area contributed by atoms with Gasteiger partial charge < -0.3 is 10.1 Å². The van der Waals surface area contributed by atoms with E-state index in [-0.39, 0.29) is 0 Å². The second kappa shape index (κ2) is 5.31. The summed E-state index contributed by atoms with van der Waals surface area (Å²) in [6.45, 7) is 11.2. The first-order chi connectivity index (χ1) is 6.95. The molecule has 1 rings (SSSR count). The van der Waals surface area contributed by atoms with E-state index in [1.165, 1.54) is 12.8 Å². The number of hydrogen-bond acceptors (Lipinski definition) is 2. The lowest BCUT2D eigenvalue weighted by atomic mass is 9.76. The van der Waals surface area contributed by atoms with Crippen molar-refractivity contribution < 1.29 is 4.74 Å². The van der Waals surface area contributed by atoms with Crippen LogP contribution in [0.2, 0.25) is 0 Å². The largest absolute Gasteiger partial charge is 0.381 e. The van der Waals surface area contributed by atoms with Crippen molar-refractivity contribution in [1.29, 1.82) is 0 Å². The van der Waals surface area contributed by atoms with Gasteiger partial charge in [0.05, 0.1) is 6.61 Å². The summed E-state index contributed by atoms with van der Waals surface area (Å²) >= 11 is 0. The van der Waals surface area contributed by atoms with E-state index in [1.54, 1.807) is 0 Å². The zero-order chi connectivity index (χ0) is 11.5. The molecule has 90 valence electrons. The van der Waals surface area contributed by atoms with Gasteiger partial charge in [0, 0.05) is 12.6 Å². The van der Waals surface area contributed by atoms with Crippen LogP contribution in [0.25, 0.3) is 0 Å². The van der Waals surface area contributed by atoms with Crippen LogP contribution < -0.4 is 5.32 Å². The van der Waals surface area contributed by atoms with E-state index in [4.69, 9.17) is 4.74 Å². The molecule has 1 aliphatic rings. The molecule has 15 heavy (non-hydrogen) atoms. The Hall–Kier alpha value is -0.0800. The monoisotopic (exact) mass is 213 g/mol. The first-order valence-electron chi connectivity index (χ1n) is 6.20. The van der Waals surface area contributed by atoms with Gasteiger partial charge in [0.1, 0.15) is 0 Å². The Morgan fingerprint density at radius 1 is 1.40 bits per heavy atom. The molecule has 2 nitrogen and oxygen atoms in total. The Morgan fingerprint density at radius 2 is 2.07 bits per heavy atom. The number of hydrogen-bond donors (Lipinski definition) is 1. The Balaban J connectivity index is 2.45. The third kappa shape index (κ3) is 3.76. The zero-order valence-electron chi connectivity index (χ0n) is 11.0. The summed E-state index contributed by atoms with van der Waals surface area (Å²) in [7, 11) is 2.08. The van der Waals surface area contributed by atoms with Crippen LogP contribution in [0.4, 0.5) is 0 Å². The molecule has 0 spiro atoms. The highest BCUT2D eigenvalue weighted by Gasteiger charge is 2.29. The first-order valence-corrected chi connectivity index (χ1v) is 6.20. The van der Waals surface area contributed by atoms with E-state index in [1.807, 2.05) is 0 Å². The molecule has 1 heterocycles. The summed E-state index contributed by atoms with van der Waals surface area (Å²) in [5.74, 6) is 1.47. The standard InChI is InChI=1S/C13H27NO/c1-10(13(2,3)4)8-12(14-5)11-6-7-15-9-11/h10-12,14H,6-9H2,1-5H3. The summed E-state index contributed by atoms with van der Waals surface area (Å²) in [4.78, 5) is 0. The predicted octanol–water partition coefficient (Wildman–Crippen LogP) is 2.68. The molecule has 0 aliphatic carbocycles. The minimum atomic E-state index is 0.411. The third-order valence-corrected chi connectivity index (χ3v) is 3.99. The Kier molecular flexibility index (Phi) is 4.60. The van der Waals surface area contributed by atoms with E-state index >= 15 is 0 Å². The van der Waals surface area contributed by atoms with Gasteiger partial charge >= 0.3 is 0 Å². The van der Waals surface area contributed by atoms with Crippen LogP contribution in [0.5, 0.6) is 0 Å². The molecule has 0 aromatic rings. The van der Waals surface area contributed by atoms with Gasteiger partial charge in [-0.05, 0) is 37.1 Å². The van der Waals surface area contributed by atoms with Crippen LogP contribution in [-0.4, -0.2) is 26.3 Å². The Bertz CT molecular complexity index is 179. The average Bonchev–Trinajstić information content (AvgIpc) is 2.64. The molecular weight excluding hydrogens is 186 g/mol. The highest BCUT2D eigenvalue weighted by Crippen LogP contribution is 2.31. The van der Waals surface area contributed by atoms with E-state index < -0.39 is 0 Å². The van der Waals surface area contributed by atoms with Crippen molar-refractivity contribution in [1.82, 2.24) is 5.32 Å². The fourth-order valence-electron chi connectivity index (χ4n) is 2.15. The second-order valence-electron chi connectivity index (χ2n) is 6.02. The van der Waals surface area contributed by atoms with E-state index in [0.717, 1.165) is 25.0 Å². The molecule has 1 fully saturated rings. The lowest BCUT2D eigenvalue weighted by Crippen LogP contribution is -2.37. The highest BCUT2D eigenvalue weighted by molar-refractivity contribution is 4.83. The summed E-state index contributed by atoms with van der Waals surface area (Å²) < 4.78 is 5.47. The van der Waals surface area contributed by atoms with Gasteiger partial charge in [0.25, 0.3) is 0 Å². The lowest BCUT2D eigenvalue weighted by Gasteiger charge is -2.32. The molecule has 3 atom stereocenters. The summed E-state index contributed by atoms with van der Waals surface area (Å²) in [6, 6.07) is 0.627. The topological polar surface area (TPSA) is 21.3 Å². The maximum Gasteiger partial charge on any atom is 0.0510 e. The summed E-state index contributed by atoms with van der Waals surface area (Å²) in [6.07, 6.45) is 2.48. The Morgan fingerprint density at radius 3 is 2.47 bits per heavy atom. The van der Waals surface area contributed by atoms with Gasteiger partial charge in [-0.15, -0.1) is 0 Å². The van der Waals surface area contributed by atoms with Crippen LogP contribution in [0.15, 0.2) is 0 Å². The molecule has 1 aliphatic heterocycles. The smallest absolute Gasteiger partial charge is 0.0510 e. The zero-order valence-corrected chi connectivity index (χ0v) is 11.0. The van der Waals surface area contributed by atoms with Crippen molar-refractivity contribution >= 4 is 0 Å². The summed E-state index contributed by atoms with van der Waals surface area (Å²) in [5.41, 5.74) is 0.411. The van der Waals surface area contributed by atoms with Crippen molar-refractivity contribution in [2.24, 2.45) is 17.3 Å². The molecule has 1 N–H and O–H groups in total. The van der Waals surface area contributed by atoms with Crippen LogP contribution in [0.1, 0.15) is 40.5 Å². The Labute approximate surface area is 94.8 Å². The highest BCUT2D eigenvalue weighted by atomic mass is 16.5. The molecule has 0 bridgehead atoms. The number of ether oxygens (including phenoxy) is 1. The molecule has 1 saturated heterocycles. The van der Waals surface area contributed by atoms with Crippen LogP contribution in [0, 0.1) is 17.3 Å². The van der Waals surface area contributed by atoms with Gasteiger partial charge in [-0.3, -0.25) is 0 Å². The van der Waals surface area contributed by atoms with Crippen molar-refractivity contribution in [2.75, 3.05) is 20.3 Å². The molecule has 0 aromatic heterocycles. The number of nitrogens with one attached hydrogen (secondary N) is 1. The first kappa shape index (κ1) is 13.0. The average molecular weight is 213 g/mol. The van der Waals surface area contributed by atoms with Crippen molar-refractivity contribution in [2.45, 2.75) is 46.6 Å². The van der Waals surface area contributed by atoms with Gasteiger partial charge in [-0.1, -0.05) is 27.7 Å². The lowest BCUT2D eigenvalue weighted by molar-refractivity contribution is 0.161. The maximum absolute atomic E-state index is 5.47. The van der Waals surface area contributed by atoms with Crippen LogP contribution in [-0.2, 0) is 4.74 Å². The van der Waals surface area contributed by atoms with Crippen molar-refractivity contribution in [3.8, 4) is 0 Å². The normalized spacial score (nSPS) is 26.6. The molecule has 2 heteroatoms. The molecule has 0 saturated carbocycles. The van der Waals surface area contributed by atoms with E-state index in [9.17, 15) is 0 Å². The minimum Gasteiger partial charge on any atom is -0.381 e. The quantitative estimate of drug-likeness (QED) is 0.775. The summed E-state index contributed by atoms with van der Waals surface area (Å²) in [5, 5.41) is 3.47. The van der Waals surface area contributed by atoms with Gasteiger partial charge in [0.2, 0.25) is 0 Å². The molecule has 0 aromatic carbocycles.